The fourth-order valence-electron chi connectivity index (χ4n) is 1.10. The summed E-state index contributed by atoms with van der Waals surface area (Å²) in [6.07, 6.45) is 1.90. The number of hydrogen-bond donors (Lipinski definition) is 2. The smallest absolute Gasteiger partial charge is 0.271 e. The average Bonchev–Trinajstić information content (AvgIpc) is 1.93. The molecule has 1 saturated carbocycles. The van der Waals surface area contributed by atoms with Crippen LogP contribution in [0.3, 0.4) is 0 Å². The molecule has 0 atom stereocenters. The number of hydrazone groups is 1. The van der Waals surface area contributed by atoms with E-state index in [-0.39, 0.29) is 0 Å². The third-order valence-corrected chi connectivity index (χ3v) is 2.04. The van der Waals surface area contributed by atoms with Gasteiger partial charge in [0, 0.05) is 5.71 Å². The topological polar surface area (TPSA) is 61.7 Å². The summed E-state index contributed by atoms with van der Waals surface area (Å²) in [5, 5.41) is 13.2. The molecule has 0 aromatic carbocycles. The van der Waals surface area contributed by atoms with Gasteiger partial charge in [0.25, 0.3) is 5.91 Å². The minimum absolute atomic E-state index is 0.459. The summed E-state index contributed by atoms with van der Waals surface area (Å²) in [7, 11) is 0. The minimum atomic E-state index is -1.35. The second kappa shape index (κ2) is 3.46. The Hall–Kier alpha value is -0.900. The molecule has 2 N–H and O–H groups in total. The summed E-state index contributed by atoms with van der Waals surface area (Å²) >= 11 is 0. The highest BCUT2D eigenvalue weighted by molar-refractivity contribution is 5.92. The Labute approximate surface area is 78.0 Å². The van der Waals surface area contributed by atoms with Crippen molar-refractivity contribution in [1.29, 1.82) is 0 Å². The lowest BCUT2D eigenvalue weighted by Gasteiger charge is -2.24. The molecule has 0 saturated heterocycles. The van der Waals surface area contributed by atoms with Gasteiger partial charge in [-0.3, -0.25) is 4.79 Å². The quantitative estimate of drug-likeness (QED) is 0.619. The van der Waals surface area contributed by atoms with Gasteiger partial charge in [-0.1, -0.05) is 6.92 Å². The van der Waals surface area contributed by atoms with E-state index in [4.69, 9.17) is 0 Å². The van der Waals surface area contributed by atoms with E-state index in [9.17, 15) is 9.90 Å². The number of rotatable bonds is 2. The largest absolute Gasteiger partial charge is 0.381 e. The molecule has 0 radical (unpaired) electrons. The van der Waals surface area contributed by atoms with Gasteiger partial charge in [-0.05, 0) is 32.6 Å². The zero-order chi connectivity index (χ0) is 10.1. The molecular weight excluding hydrogens is 168 g/mol. The van der Waals surface area contributed by atoms with Crippen LogP contribution >= 0.6 is 0 Å². The molecule has 4 nitrogen and oxygen atoms in total. The van der Waals surface area contributed by atoms with Gasteiger partial charge in [0.05, 0.1) is 0 Å². The summed E-state index contributed by atoms with van der Waals surface area (Å²) in [5.41, 5.74) is 2.00. The number of nitrogens with one attached hydrogen (secondary N) is 1. The van der Waals surface area contributed by atoms with Gasteiger partial charge >= 0.3 is 0 Å². The normalized spacial score (nSPS) is 22.2. The maximum Gasteiger partial charge on any atom is 0.271 e. The van der Waals surface area contributed by atoms with E-state index in [2.05, 4.69) is 17.5 Å². The fraction of sp³-hybridized carbons (Fsp3) is 0.778. The number of amides is 1. The highest BCUT2D eigenvalue weighted by atomic mass is 16.3. The third kappa shape index (κ3) is 2.81. The lowest BCUT2D eigenvalue weighted by atomic mass is 9.85. The number of carbonyl (C=O) groups is 1. The highest BCUT2D eigenvalue weighted by Crippen LogP contribution is 2.22. The van der Waals surface area contributed by atoms with Crippen LogP contribution in [-0.2, 0) is 4.79 Å². The number of hydrogen-bond acceptors (Lipinski definition) is 3. The van der Waals surface area contributed by atoms with Crippen molar-refractivity contribution in [3.8, 4) is 0 Å². The molecule has 13 heavy (non-hydrogen) atoms. The van der Waals surface area contributed by atoms with Gasteiger partial charge in [-0.2, -0.15) is 5.10 Å². The summed E-state index contributed by atoms with van der Waals surface area (Å²) in [5.74, 6) is 0.220. The SMILES string of the molecule is CC1CC(=NNC(=O)C(C)(C)O)C1. The van der Waals surface area contributed by atoms with Crippen molar-refractivity contribution in [1.82, 2.24) is 5.43 Å². The molecule has 0 aromatic rings. The van der Waals surface area contributed by atoms with Crippen LogP contribution in [0.4, 0.5) is 0 Å². The molecule has 0 heterocycles. The second-order valence-electron chi connectivity index (χ2n) is 4.19. The van der Waals surface area contributed by atoms with Crippen LogP contribution in [-0.4, -0.2) is 22.3 Å². The predicted octanol–water partition coefficient (Wildman–Crippen LogP) is 0.659. The zero-order valence-corrected chi connectivity index (χ0v) is 8.29. The van der Waals surface area contributed by atoms with E-state index in [0.717, 1.165) is 18.6 Å². The van der Waals surface area contributed by atoms with Crippen LogP contribution in [0, 0.1) is 5.92 Å². The summed E-state index contributed by atoms with van der Waals surface area (Å²) in [6, 6.07) is 0. The van der Waals surface area contributed by atoms with E-state index in [0.29, 0.717) is 5.92 Å². The van der Waals surface area contributed by atoms with Crippen LogP contribution < -0.4 is 5.43 Å². The molecule has 0 aromatic heterocycles. The first-order valence-corrected chi connectivity index (χ1v) is 4.48. The average molecular weight is 184 g/mol. The van der Waals surface area contributed by atoms with Gasteiger partial charge in [0.15, 0.2) is 0 Å². The van der Waals surface area contributed by atoms with Crippen molar-refractivity contribution in [2.24, 2.45) is 11.0 Å². The zero-order valence-electron chi connectivity index (χ0n) is 8.29. The van der Waals surface area contributed by atoms with Crippen LogP contribution in [0.2, 0.25) is 0 Å². The molecule has 1 amide bonds. The van der Waals surface area contributed by atoms with E-state index in [1.807, 2.05) is 0 Å². The van der Waals surface area contributed by atoms with Crippen LogP contribution in [0.15, 0.2) is 5.10 Å². The Morgan fingerprint density at radius 2 is 2.15 bits per heavy atom. The number of nitrogens with zero attached hydrogens (tertiary/aromatic N) is 1. The molecule has 1 aliphatic carbocycles. The van der Waals surface area contributed by atoms with Gasteiger partial charge in [-0.25, -0.2) is 5.43 Å². The maximum absolute atomic E-state index is 11.1. The lowest BCUT2D eigenvalue weighted by Crippen LogP contribution is -2.40. The molecule has 4 heteroatoms. The third-order valence-electron chi connectivity index (χ3n) is 2.04. The number of aliphatic hydroxyl groups is 1. The van der Waals surface area contributed by atoms with E-state index in [1.165, 1.54) is 13.8 Å². The molecule has 1 rings (SSSR count). The Kier molecular flexibility index (Phi) is 2.71. The Bertz CT molecular complexity index is 232. The Morgan fingerprint density at radius 3 is 2.54 bits per heavy atom. The lowest BCUT2D eigenvalue weighted by molar-refractivity contribution is -0.136. The van der Waals surface area contributed by atoms with Crippen LogP contribution in [0.5, 0.6) is 0 Å². The van der Waals surface area contributed by atoms with E-state index < -0.39 is 11.5 Å². The first kappa shape index (κ1) is 10.2. The second-order valence-corrected chi connectivity index (χ2v) is 4.19. The molecule has 0 aliphatic heterocycles. The molecule has 1 fully saturated rings. The van der Waals surface area contributed by atoms with Crippen molar-refractivity contribution in [2.75, 3.05) is 0 Å². The van der Waals surface area contributed by atoms with Crippen LogP contribution in [0.25, 0.3) is 0 Å². The van der Waals surface area contributed by atoms with Crippen molar-refractivity contribution in [3.05, 3.63) is 0 Å². The Balaban J connectivity index is 2.35. The number of carbonyl (C=O) groups excluding carboxylic acids is 1. The van der Waals surface area contributed by atoms with Gasteiger partial charge in [0.2, 0.25) is 0 Å². The summed E-state index contributed by atoms with van der Waals surface area (Å²) in [6.45, 7) is 5.01. The Morgan fingerprint density at radius 1 is 1.62 bits per heavy atom. The predicted molar refractivity (Wildman–Crippen MR) is 50.3 cm³/mol. The first-order chi connectivity index (χ1) is 5.89. The van der Waals surface area contributed by atoms with Crippen molar-refractivity contribution in [3.63, 3.8) is 0 Å². The minimum Gasteiger partial charge on any atom is -0.381 e. The fourth-order valence-corrected chi connectivity index (χ4v) is 1.10. The molecular formula is C9H16N2O2. The maximum atomic E-state index is 11.1. The molecule has 0 bridgehead atoms. The molecule has 74 valence electrons. The van der Waals surface area contributed by atoms with Gasteiger partial charge in [0.1, 0.15) is 5.60 Å². The molecule has 0 spiro atoms. The summed E-state index contributed by atoms with van der Waals surface area (Å²) < 4.78 is 0. The summed E-state index contributed by atoms with van der Waals surface area (Å²) in [4.78, 5) is 11.1. The van der Waals surface area contributed by atoms with Gasteiger partial charge < -0.3 is 5.11 Å². The van der Waals surface area contributed by atoms with E-state index in [1.54, 1.807) is 0 Å². The van der Waals surface area contributed by atoms with Crippen molar-refractivity contribution in [2.45, 2.75) is 39.2 Å². The first-order valence-electron chi connectivity index (χ1n) is 4.48. The highest BCUT2D eigenvalue weighted by Gasteiger charge is 2.25. The molecule has 1 aliphatic rings. The van der Waals surface area contributed by atoms with Gasteiger partial charge in [-0.15, -0.1) is 0 Å². The van der Waals surface area contributed by atoms with Crippen molar-refractivity contribution < 1.29 is 9.90 Å². The van der Waals surface area contributed by atoms with E-state index >= 15 is 0 Å². The standard InChI is InChI=1S/C9H16N2O2/c1-6-4-7(5-6)10-11-8(12)9(2,3)13/h6,13H,4-5H2,1-3H3,(H,11,12). The molecule has 0 unspecified atom stereocenters. The monoisotopic (exact) mass is 184 g/mol. The van der Waals surface area contributed by atoms with Crippen molar-refractivity contribution >= 4 is 11.6 Å². The van der Waals surface area contributed by atoms with Crippen LogP contribution in [0.1, 0.15) is 33.6 Å².